The maximum atomic E-state index is 14.4. The van der Waals surface area contributed by atoms with E-state index in [1.807, 2.05) is 51.9 Å². The van der Waals surface area contributed by atoms with Crippen LogP contribution in [0.15, 0.2) is 30.5 Å². The Morgan fingerprint density at radius 2 is 1.97 bits per heavy atom. The maximum absolute atomic E-state index is 14.4. The van der Waals surface area contributed by atoms with Gasteiger partial charge in [0, 0.05) is 56.2 Å². The molecule has 3 amide bonds. The van der Waals surface area contributed by atoms with Crippen molar-refractivity contribution in [3.05, 3.63) is 47.3 Å². The molecule has 1 aromatic heterocycles. The third-order valence-electron chi connectivity index (χ3n) is 8.75. The number of carbonyl (C=O) groups excluding carboxylic acids is 3. The summed E-state index contributed by atoms with van der Waals surface area (Å²) in [5.74, 6) is -0.537. The molecule has 37 heavy (non-hydrogen) atoms. The summed E-state index contributed by atoms with van der Waals surface area (Å²) >= 11 is 0. The first kappa shape index (κ1) is 24.2. The van der Waals surface area contributed by atoms with Crippen LogP contribution in [0.4, 0.5) is 5.69 Å². The summed E-state index contributed by atoms with van der Waals surface area (Å²) in [6, 6.07) is 8.20. The Morgan fingerprint density at radius 3 is 2.81 bits per heavy atom. The lowest BCUT2D eigenvalue weighted by molar-refractivity contribution is -0.139. The van der Waals surface area contributed by atoms with E-state index in [2.05, 4.69) is 22.2 Å². The molecule has 0 saturated carbocycles. The summed E-state index contributed by atoms with van der Waals surface area (Å²) in [6.45, 7) is 7.35. The minimum Gasteiger partial charge on any atom is -0.356 e. The first-order chi connectivity index (χ1) is 18.0. The smallest absolute Gasteiger partial charge is 0.257 e. The average molecular weight is 505 g/mol. The van der Waals surface area contributed by atoms with Gasteiger partial charge in [0.05, 0.1) is 17.2 Å². The lowest BCUT2D eigenvalue weighted by atomic mass is 9.78. The summed E-state index contributed by atoms with van der Waals surface area (Å²) in [4.78, 5) is 47.7. The second-order valence-electron chi connectivity index (χ2n) is 10.8. The molecule has 2 bridgehead atoms. The zero-order valence-corrected chi connectivity index (χ0v) is 21.8. The summed E-state index contributed by atoms with van der Waals surface area (Å²) in [5.41, 5.74) is 2.18. The van der Waals surface area contributed by atoms with Gasteiger partial charge in [-0.2, -0.15) is 5.10 Å². The Hall–Kier alpha value is -3.20. The number of aromatic nitrogens is 2. The number of para-hydroxylation sites is 1. The van der Waals surface area contributed by atoms with Gasteiger partial charge in [-0.15, -0.1) is 0 Å². The van der Waals surface area contributed by atoms with Crippen LogP contribution in [-0.2, 0) is 21.7 Å². The van der Waals surface area contributed by atoms with Crippen LogP contribution in [0.2, 0.25) is 0 Å². The zero-order valence-electron chi connectivity index (χ0n) is 21.8. The number of hydrogen-bond donors (Lipinski definition) is 1. The van der Waals surface area contributed by atoms with Gasteiger partial charge in [-0.25, -0.2) is 0 Å². The first-order valence-corrected chi connectivity index (χ1v) is 13.8. The third kappa shape index (κ3) is 3.61. The number of hydrogen-bond acceptors (Lipinski definition) is 5. The van der Waals surface area contributed by atoms with Crippen molar-refractivity contribution in [1.82, 2.24) is 24.9 Å². The number of carbonyl (C=O) groups is 3. The highest BCUT2D eigenvalue weighted by molar-refractivity contribution is 6.11. The Labute approximate surface area is 217 Å². The first-order valence-electron chi connectivity index (χ1n) is 13.8. The predicted octanol–water partition coefficient (Wildman–Crippen LogP) is 2.29. The number of amides is 3. The van der Waals surface area contributed by atoms with E-state index in [1.54, 1.807) is 0 Å². The van der Waals surface area contributed by atoms with E-state index in [9.17, 15) is 14.4 Å². The SMILES string of the molecule is CCCn1cc(C(=O)N2CCCNC(=O)[C@H]3C[C@@H]4CCCN4[C@@]34C(=O)N(CC2)c2ccccc24)c(C)n1. The van der Waals surface area contributed by atoms with Crippen LogP contribution in [0.5, 0.6) is 0 Å². The van der Waals surface area contributed by atoms with Crippen molar-refractivity contribution in [3.8, 4) is 0 Å². The quantitative estimate of drug-likeness (QED) is 0.693. The Balaban J connectivity index is 1.36. The molecule has 2 aromatic rings. The van der Waals surface area contributed by atoms with Crippen molar-refractivity contribution in [1.29, 1.82) is 0 Å². The largest absolute Gasteiger partial charge is 0.356 e. The minimum atomic E-state index is -0.951. The molecule has 3 saturated heterocycles. The molecule has 9 nitrogen and oxygen atoms in total. The molecule has 196 valence electrons. The third-order valence-corrected chi connectivity index (χ3v) is 8.75. The molecule has 1 aromatic carbocycles. The van der Waals surface area contributed by atoms with Gasteiger partial charge in [0.25, 0.3) is 11.8 Å². The summed E-state index contributed by atoms with van der Waals surface area (Å²) < 4.78 is 1.83. The summed E-state index contributed by atoms with van der Waals surface area (Å²) in [5, 5.41) is 7.65. The van der Waals surface area contributed by atoms with Crippen molar-refractivity contribution in [2.45, 2.75) is 64.1 Å². The minimum absolute atomic E-state index is 0.0156. The highest BCUT2D eigenvalue weighted by Crippen LogP contribution is 2.57. The average Bonchev–Trinajstić information content (AvgIpc) is 3.62. The molecular weight excluding hydrogens is 468 g/mol. The Kier molecular flexibility index (Phi) is 6.06. The molecule has 1 N–H and O–H groups in total. The number of benzene rings is 1. The highest BCUT2D eigenvalue weighted by atomic mass is 16.2. The Morgan fingerprint density at radius 1 is 1.14 bits per heavy atom. The van der Waals surface area contributed by atoms with E-state index in [-0.39, 0.29) is 23.8 Å². The molecule has 0 unspecified atom stereocenters. The number of anilines is 1. The molecule has 1 spiro atoms. The van der Waals surface area contributed by atoms with Crippen LogP contribution in [0, 0.1) is 12.8 Å². The van der Waals surface area contributed by atoms with E-state index in [0.29, 0.717) is 50.3 Å². The maximum Gasteiger partial charge on any atom is 0.257 e. The number of fused-ring (bicyclic) bond motifs is 4. The van der Waals surface area contributed by atoms with Crippen LogP contribution in [0.25, 0.3) is 0 Å². The highest BCUT2D eigenvalue weighted by Gasteiger charge is 2.67. The van der Waals surface area contributed by atoms with Crippen LogP contribution >= 0.6 is 0 Å². The summed E-state index contributed by atoms with van der Waals surface area (Å²) in [7, 11) is 0. The lowest BCUT2D eigenvalue weighted by Gasteiger charge is -2.37. The lowest BCUT2D eigenvalue weighted by Crippen LogP contribution is -2.57. The fourth-order valence-corrected chi connectivity index (χ4v) is 7.16. The molecular formula is C28H36N6O3. The molecule has 0 aliphatic carbocycles. The number of nitrogens with zero attached hydrogens (tertiary/aromatic N) is 5. The van der Waals surface area contributed by atoms with Gasteiger partial charge in [0.2, 0.25) is 5.91 Å². The van der Waals surface area contributed by atoms with Crippen LogP contribution in [-0.4, -0.2) is 76.1 Å². The second-order valence-corrected chi connectivity index (χ2v) is 10.8. The van der Waals surface area contributed by atoms with Crippen molar-refractivity contribution in [3.63, 3.8) is 0 Å². The Bertz CT molecular complexity index is 1240. The molecule has 4 aliphatic heterocycles. The van der Waals surface area contributed by atoms with Crippen LogP contribution < -0.4 is 10.2 Å². The molecule has 0 radical (unpaired) electrons. The fraction of sp³-hybridized carbons (Fsp3) is 0.571. The van der Waals surface area contributed by atoms with E-state index in [0.717, 1.165) is 43.6 Å². The summed E-state index contributed by atoms with van der Waals surface area (Å²) in [6.07, 6.45) is 6.22. The van der Waals surface area contributed by atoms with Gasteiger partial charge in [-0.1, -0.05) is 25.1 Å². The standard InChI is InChI=1S/C28H36N6O3/c1-3-12-32-18-21(19(2)30-32)26(36)31-13-7-11-29-25(35)23-17-20-8-6-14-34(20)28(23)22-9-4-5-10-24(22)33(16-15-31)27(28)37/h4-5,9-10,18,20,23H,3,6-8,11-17H2,1-2H3,(H,29,35)/t20-,23+,28+/m0/s1. The van der Waals surface area contributed by atoms with E-state index in [4.69, 9.17) is 0 Å². The fourth-order valence-electron chi connectivity index (χ4n) is 7.16. The van der Waals surface area contributed by atoms with E-state index >= 15 is 0 Å². The topological polar surface area (TPSA) is 90.8 Å². The van der Waals surface area contributed by atoms with Crippen molar-refractivity contribution >= 4 is 23.4 Å². The normalized spacial score (nSPS) is 27.8. The van der Waals surface area contributed by atoms with Crippen molar-refractivity contribution in [2.24, 2.45) is 5.92 Å². The van der Waals surface area contributed by atoms with Crippen molar-refractivity contribution < 1.29 is 14.4 Å². The van der Waals surface area contributed by atoms with Crippen molar-refractivity contribution in [2.75, 3.05) is 37.6 Å². The van der Waals surface area contributed by atoms with Crippen LogP contribution in [0.3, 0.4) is 0 Å². The molecule has 4 aliphatic rings. The van der Waals surface area contributed by atoms with E-state index < -0.39 is 11.5 Å². The predicted molar refractivity (Wildman–Crippen MR) is 139 cm³/mol. The van der Waals surface area contributed by atoms with Gasteiger partial charge >= 0.3 is 0 Å². The molecule has 3 fully saturated rings. The number of rotatable bonds is 3. The number of aryl methyl sites for hydroxylation is 2. The van der Waals surface area contributed by atoms with Gasteiger partial charge in [-0.05, 0) is 51.6 Å². The monoisotopic (exact) mass is 504 g/mol. The van der Waals surface area contributed by atoms with Gasteiger partial charge in [-0.3, -0.25) is 24.0 Å². The molecule has 5 heterocycles. The van der Waals surface area contributed by atoms with Crippen LogP contribution in [0.1, 0.15) is 60.6 Å². The molecule has 6 rings (SSSR count). The number of nitrogens with one attached hydrogen (secondary N) is 1. The van der Waals surface area contributed by atoms with Gasteiger partial charge < -0.3 is 15.1 Å². The van der Waals surface area contributed by atoms with Gasteiger partial charge in [0.1, 0.15) is 5.54 Å². The van der Waals surface area contributed by atoms with Gasteiger partial charge in [0.15, 0.2) is 0 Å². The zero-order chi connectivity index (χ0) is 25.7. The second kappa shape index (κ2) is 9.28. The van der Waals surface area contributed by atoms with E-state index in [1.165, 1.54) is 0 Å². The molecule has 9 heteroatoms. The molecule has 3 atom stereocenters.